The average molecular weight is 301 g/mol. The smallest absolute Gasteiger partial charge is 0.124 e. The number of hydrogen-bond donors (Lipinski definition) is 2. The van der Waals surface area contributed by atoms with E-state index in [1.807, 2.05) is 30.3 Å². The van der Waals surface area contributed by atoms with Gasteiger partial charge in [0.15, 0.2) is 0 Å². The molecule has 5 heteroatoms. The zero-order valence-corrected chi connectivity index (χ0v) is 12.3. The topological polar surface area (TPSA) is 45.2 Å². The van der Waals surface area contributed by atoms with Crippen LogP contribution in [0.1, 0.15) is 6.92 Å². The first-order chi connectivity index (χ1) is 10.1. The van der Waals surface area contributed by atoms with Crippen LogP contribution >= 0.6 is 11.3 Å². The van der Waals surface area contributed by atoms with Crippen LogP contribution in [0.15, 0.2) is 42.5 Å². The van der Waals surface area contributed by atoms with Crippen molar-refractivity contribution in [1.29, 1.82) is 0 Å². The second-order valence-electron chi connectivity index (χ2n) is 4.91. The van der Waals surface area contributed by atoms with E-state index in [0.717, 1.165) is 26.5 Å². The largest absolute Gasteiger partial charge is 0.508 e. The lowest BCUT2D eigenvalue weighted by molar-refractivity contribution is 0.378. The molecule has 3 rings (SSSR count). The van der Waals surface area contributed by atoms with Crippen molar-refractivity contribution in [2.24, 2.45) is 0 Å². The monoisotopic (exact) mass is 301 g/mol. The normalized spacial score (nSPS) is 12.5. The molecule has 0 fully saturated rings. The van der Waals surface area contributed by atoms with Gasteiger partial charge in [0.25, 0.3) is 0 Å². The fourth-order valence-corrected chi connectivity index (χ4v) is 3.03. The molecule has 0 aliphatic carbocycles. The molecule has 0 amide bonds. The van der Waals surface area contributed by atoms with Gasteiger partial charge >= 0.3 is 0 Å². The van der Waals surface area contributed by atoms with E-state index in [2.05, 4.69) is 10.3 Å². The van der Waals surface area contributed by atoms with Crippen LogP contribution in [-0.4, -0.2) is 22.8 Å². The Labute approximate surface area is 126 Å². The molecule has 1 heterocycles. The van der Waals surface area contributed by atoms with Crippen molar-refractivity contribution < 1.29 is 9.50 Å². The maximum atomic E-state index is 12.8. The number of rotatable bonds is 4. The van der Waals surface area contributed by atoms with Crippen molar-refractivity contribution in [1.82, 2.24) is 4.98 Å². The molecule has 2 aromatic carbocycles. The molecule has 1 unspecified atom stereocenters. The number of aromatic hydroxyl groups is 1. The summed E-state index contributed by atoms with van der Waals surface area (Å²) in [4.78, 5) is 4.55. The summed E-state index contributed by atoms with van der Waals surface area (Å²) in [6, 6.07) is 12.9. The van der Waals surface area contributed by atoms with Crippen LogP contribution < -0.4 is 5.32 Å². The van der Waals surface area contributed by atoms with Gasteiger partial charge in [-0.3, -0.25) is 0 Å². The lowest BCUT2D eigenvalue weighted by Gasteiger charge is -2.07. The van der Waals surface area contributed by atoms with E-state index in [1.54, 1.807) is 12.1 Å². The maximum absolute atomic E-state index is 12.8. The second-order valence-corrected chi connectivity index (χ2v) is 5.94. The number of thiazole rings is 1. The average Bonchev–Trinajstić information content (AvgIpc) is 2.88. The van der Waals surface area contributed by atoms with E-state index < -0.39 is 6.17 Å². The summed E-state index contributed by atoms with van der Waals surface area (Å²) in [5, 5.41) is 13.4. The van der Waals surface area contributed by atoms with E-state index in [-0.39, 0.29) is 5.75 Å². The van der Waals surface area contributed by atoms with Crippen LogP contribution in [-0.2, 0) is 0 Å². The fraction of sp³-hybridized carbons (Fsp3) is 0.188. The summed E-state index contributed by atoms with van der Waals surface area (Å²) in [6.45, 7) is 1.83. The Morgan fingerprint density at radius 2 is 2.00 bits per heavy atom. The molecule has 108 valence electrons. The van der Waals surface area contributed by atoms with Gasteiger partial charge in [-0.1, -0.05) is 0 Å². The highest BCUT2D eigenvalue weighted by Gasteiger charge is 2.07. The molecular formula is C16H15FN2OS. The van der Waals surface area contributed by atoms with Crippen molar-refractivity contribution in [3.8, 4) is 16.3 Å². The van der Waals surface area contributed by atoms with Gasteiger partial charge < -0.3 is 10.4 Å². The van der Waals surface area contributed by atoms with E-state index in [0.29, 0.717) is 6.54 Å². The first-order valence-electron chi connectivity index (χ1n) is 6.70. The Morgan fingerprint density at radius 1 is 1.24 bits per heavy atom. The number of nitrogens with zero attached hydrogens (tertiary/aromatic N) is 1. The number of halogens is 1. The highest BCUT2D eigenvalue weighted by atomic mass is 32.1. The molecule has 0 spiro atoms. The summed E-state index contributed by atoms with van der Waals surface area (Å²) in [6.07, 6.45) is -0.874. The minimum absolute atomic E-state index is 0.248. The van der Waals surface area contributed by atoms with Crippen molar-refractivity contribution >= 4 is 27.2 Å². The first-order valence-corrected chi connectivity index (χ1v) is 7.51. The Balaban J connectivity index is 1.85. The highest BCUT2D eigenvalue weighted by molar-refractivity contribution is 7.21. The molecule has 0 saturated heterocycles. The number of anilines is 1. The van der Waals surface area contributed by atoms with Gasteiger partial charge in [-0.15, -0.1) is 11.3 Å². The third-order valence-electron chi connectivity index (χ3n) is 3.09. The predicted octanol–water partition coefficient (Wildman–Crippen LogP) is 4.44. The number of alkyl halides is 1. The molecule has 0 bridgehead atoms. The molecule has 0 aliphatic heterocycles. The number of nitrogens with one attached hydrogen (secondary N) is 1. The van der Waals surface area contributed by atoms with E-state index >= 15 is 0 Å². The van der Waals surface area contributed by atoms with Crippen LogP contribution in [0, 0.1) is 0 Å². The molecule has 1 atom stereocenters. The summed E-state index contributed by atoms with van der Waals surface area (Å²) >= 11 is 1.54. The summed E-state index contributed by atoms with van der Waals surface area (Å²) < 4.78 is 13.7. The second kappa shape index (κ2) is 5.69. The summed E-state index contributed by atoms with van der Waals surface area (Å²) in [5.74, 6) is 0.248. The van der Waals surface area contributed by atoms with E-state index in [9.17, 15) is 9.50 Å². The third kappa shape index (κ3) is 3.13. The molecule has 0 saturated carbocycles. The lowest BCUT2D eigenvalue weighted by atomic mass is 10.2. The van der Waals surface area contributed by atoms with Crippen LogP contribution in [0.4, 0.5) is 10.1 Å². The highest BCUT2D eigenvalue weighted by Crippen LogP contribution is 2.32. The van der Waals surface area contributed by atoms with Gasteiger partial charge in [-0.2, -0.15) is 0 Å². The van der Waals surface area contributed by atoms with E-state index in [4.69, 9.17) is 0 Å². The molecule has 0 radical (unpaired) electrons. The number of phenols is 1. The van der Waals surface area contributed by atoms with Crippen LogP contribution in [0.5, 0.6) is 5.75 Å². The van der Waals surface area contributed by atoms with Gasteiger partial charge in [-0.25, -0.2) is 9.37 Å². The van der Waals surface area contributed by atoms with Crippen molar-refractivity contribution in [3.63, 3.8) is 0 Å². The van der Waals surface area contributed by atoms with Gasteiger partial charge in [-0.05, 0) is 49.4 Å². The Hall–Kier alpha value is -2.14. The molecule has 2 N–H and O–H groups in total. The number of phenolic OH excluding ortho intramolecular Hbond substituents is 1. The minimum Gasteiger partial charge on any atom is -0.508 e. The van der Waals surface area contributed by atoms with Gasteiger partial charge in [0.05, 0.1) is 10.2 Å². The van der Waals surface area contributed by atoms with Crippen LogP contribution in [0.25, 0.3) is 20.8 Å². The number of aromatic nitrogens is 1. The van der Waals surface area contributed by atoms with Gasteiger partial charge in [0.1, 0.15) is 16.9 Å². The van der Waals surface area contributed by atoms with Gasteiger partial charge in [0, 0.05) is 17.8 Å². The van der Waals surface area contributed by atoms with E-state index in [1.165, 1.54) is 18.3 Å². The fourth-order valence-electron chi connectivity index (χ4n) is 2.03. The Kier molecular flexibility index (Phi) is 3.75. The molecule has 21 heavy (non-hydrogen) atoms. The Morgan fingerprint density at radius 3 is 2.71 bits per heavy atom. The number of benzene rings is 2. The third-order valence-corrected chi connectivity index (χ3v) is 4.16. The zero-order chi connectivity index (χ0) is 14.8. The summed E-state index contributed by atoms with van der Waals surface area (Å²) in [5.41, 5.74) is 2.78. The Bertz CT molecular complexity index is 753. The minimum atomic E-state index is -0.874. The van der Waals surface area contributed by atoms with Crippen molar-refractivity contribution in [2.75, 3.05) is 11.9 Å². The first kappa shape index (κ1) is 13.8. The van der Waals surface area contributed by atoms with Crippen molar-refractivity contribution in [3.05, 3.63) is 42.5 Å². The molecule has 1 aromatic heterocycles. The van der Waals surface area contributed by atoms with Crippen LogP contribution in [0.3, 0.4) is 0 Å². The SMILES string of the molecule is CC([18F])CNc1ccc(-c2nc3ccc(O)cc3s2)cc1. The summed E-state index contributed by atoms with van der Waals surface area (Å²) in [7, 11) is 0. The lowest BCUT2D eigenvalue weighted by Crippen LogP contribution is -2.10. The molecule has 3 nitrogen and oxygen atoms in total. The predicted molar refractivity (Wildman–Crippen MR) is 85.8 cm³/mol. The number of hydrogen-bond acceptors (Lipinski definition) is 4. The van der Waals surface area contributed by atoms with Crippen molar-refractivity contribution in [2.45, 2.75) is 13.1 Å². The standard InChI is InChI=1S/C16H15FN2OS/c1-10(17)9-18-12-4-2-11(3-5-12)16-19-14-7-6-13(20)8-15(14)21-16/h2-8,10,18,20H,9H2,1H3/i17-1. The van der Waals surface area contributed by atoms with Crippen LogP contribution in [0.2, 0.25) is 0 Å². The quantitative estimate of drug-likeness (QED) is 0.749. The molecular weight excluding hydrogens is 286 g/mol. The maximum Gasteiger partial charge on any atom is 0.124 e. The zero-order valence-electron chi connectivity index (χ0n) is 11.5. The molecule has 0 aliphatic rings. The number of fused-ring (bicyclic) bond motifs is 1. The van der Waals surface area contributed by atoms with Gasteiger partial charge in [0.2, 0.25) is 0 Å². The molecule has 3 aromatic rings.